The zero-order chi connectivity index (χ0) is 19.6. The van der Waals surface area contributed by atoms with Crippen LogP contribution in [0.3, 0.4) is 0 Å². The Kier molecular flexibility index (Phi) is 10.9. The average Bonchev–Trinajstić information content (AvgIpc) is 3.20. The minimum atomic E-state index is 0. The molecular formula is C22H33IN4OS. The Bertz CT molecular complexity index is 731. The third kappa shape index (κ3) is 8.22. The van der Waals surface area contributed by atoms with E-state index in [1.807, 2.05) is 7.05 Å². The van der Waals surface area contributed by atoms with Gasteiger partial charge in [-0.1, -0.05) is 30.3 Å². The van der Waals surface area contributed by atoms with E-state index in [-0.39, 0.29) is 24.0 Å². The first kappa shape index (κ1) is 24.1. The van der Waals surface area contributed by atoms with Gasteiger partial charge in [0.2, 0.25) is 0 Å². The summed E-state index contributed by atoms with van der Waals surface area (Å²) in [7, 11) is 3.96. The van der Waals surface area contributed by atoms with Crippen LogP contribution in [-0.4, -0.2) is 49.7 Å². The van der Waals surface area contributed by atoms with Crippen LogP contribution in [0.15, 0.2) is 40.7 Å². The molecule has 1 fully saturated rings. The van der Waals surface area contributed by atoms with E-state index in [9.17, 15) is 0 Å². The zero-order valence-electron chi connectivity index (χ0n) is 17.5. The number of halogens is 1. The molecule has 2 aromatic rings. The van der Waals surface area contributed by atoms with Crippen molar-refractivity contribution in [1.29, 1.82) is 0 Å². The summed E-state index contributed by atoms with van der Waals surface area (Å²) < 4.78 is 5.45. The molecule has 1 aliphatic rings. The Morgan fingerprint density at radius 1 is 1.24 bits per heavy atom. The van der Waals surface area contributed by atoms with Gasteiger partial charge in [0.05, 0.1) is 17.2 Å². The summed E-state index contributed by atoms with van der Waals surface area (Å²) in [5, 5.41) is 6.81. The summed E-state index contributed by atoms with van der Waals surface area (Å²) in [4.78, 5) is 11.4. The molecule has 7 heteroatoms. The second-order valence-electron chi connectivity index (χ2n) is 7.38. The average molecular weight is 529 g/mol. The number of aliphatic imine (C=N–C) groups is 1. The molecule has 1 N–H and O–H groups in total. The molecule has 0 spiro atoms. The molecular weight excluding hydrogens is 495 g/mol. The highest BCUT2D eigenvalue weighted by molar-refractivity contribution is 14.0. The topological polar surface area (TPSA) is 49.8 Å². The molecule has 1 aliphatic heterocycles. The lowest BCUT2D eigenvalue weighted by molar-refractivity contribution is 0.0625. The Morgan fingerprint density at radius 2 is 2.00 bits per heavy atom. The number of aromatic nitrogens is 1. The molecule has 0 radical (unpaired) electrons. The van der Waals surface area contributed by atoms with Gasteiger partial charge in [-0.25, -0.2) is 4.98 Å². The van der Waals surface area contributed by atoms with Gasteiger partial charge in [0.1, 0.15) is 0 Å². The highest BCUT2D eigenvalue weighted by atomic mass is 127. The highest BCUT2D eigenvalue weighted by Gasteiger charge is 2.15. The molecule has 1 aromatic heterocycles. The van der Waals surface area contributed by atoms with Crippen molar-refractivity contribution in [3.05, 3.63) is 52.0 Å². The molecule has 2 heterocycles. The molecule has 0 atom stereocenters. The maximum atomic E-state index is 5.45. The fraction of sp³-hybridized carbons (Fsp3) is 0.545. The lowest BCUT2D eigenvalue weighted by atomic mass is 9.96. The molecule has 1 aromatic carbocycles. The highest BCUT2D eigenvalue weighted by Crippen LogP contribution is 2.18. The molecule has 29 heavy (non-hydrogen) atoms. The number of benzene rings is 1. The fourth-order valence-corrected chi connectivity index (χ4v) is 4.31. The Morgan fingerprint density at radius 3 is 2.72 bits per heavy atom. The summed E-state index contributed by atoms with van der Waals surface area (Å²) in [6.07, 6.45) is 5.60. The summed E-state index contributed by atoms with van der Waals surface area (Å²) in [6.45, 7) is 3.56. The van der Waals surface area contributed by atoms with Gasteiger partial charge in [0.15, 0.2) is 5.96 Å². The first-order valence-electron chi connectivity index (χ1n) is 10.2. The largest absolute Gasteiger partial charge is 0.381 e. The van der Waals surface area contributed by atoms with Crippen molar-refractivity contribution in [1.82, 2.24) is 15.2 Å². The number of guanidine groups is 1. The van der Waals surface area contributed by atoms with Gasteiger partial charge in [0.25, 0.3) is 0 Å². The number of rotatable bonds is 8. The zero-order valence-corrected chi connectivity index (χ0v) is 20.6. The predicted octanol–water partition coefficient (Wildman–Crippen LogP) is 4.37. The van der Waals surface area contributed by atoms with Crippen molar-refractivity contribution in [2.45, 2.75) is 38.6 Å². The maximum Gasteiger partial charge on any atom is 0.193 e. The van der Waals surface area contributed by atoms with Crippen LogP contribution >= 0.6 is 35.3 Å². The van der Waals surface area contributed by atoms with E-state index in [1.54, 1.807) is 11.3 Å². The van der Waals surface area contributed by atoms with Gasteiger partial charge < -0.3 is 15.0 Å². The lowest BCUT2D eigenvalue weighted by Gasteiger charge is -2.26. The van der Waals surface area contributed by atoms with Crippen LogP contribution in [-0.2, 0) is 24.1 Å². The number of ether oxygens (including phenoxy) is 1. The van der Waals surface area contributed by atoms with Gasteiger partial charge in [-0.15, -0.1) is 35.3 Å². The Hall–Kier alpha value is -1.19. The van der Waals surface area contributed by atoms with Crippen molar-refractivity contribution in [2.24, 2.45) is 10.9 Å². The van der Waals surface area contributed by atoms with Crippen molar-refractivity contribution in [3.8, 4) is 0 Å². The van der Waals surface area contributed by atoms with Gasteiger partial charge in [-0.05, 0) is 37.2 Å². The summed E-state index contributed by atoms with van der Waals surface area (Å²) in [6, 6.07) is 10.6. The monoisotopic (exact) mass is 528 g/mol. The van der Waals surface area contributed by atoms with Crippen molar-refractivity contribution >= 4 is 41.3 Å². The number of thiazole rings is 1. The van der Waals surface area contributed by atoms with E-state index in [2.05, 4.69) is 58.0 Å². The molecule has 3 rings (SSSR count). The van der Waals surface area contributed by atoms with E-state index in [1.165, 1.54) is 29.8 Å². The van der Waals surface area contributed by atoms with Gasteiger partial charge in [0, 0.05) is 45.7 Å². The number of aryl methyl sites for hydroxylation is 2. The first-order chi connectivity index (χ1) is 13.7. The van der Waals surface area contributed by atoms with Crippen LogP contribution in [0.4, 0.5) is 0 Å². The fourth-order valence-electron chi connectivity index (χ4n) is 3.51. The molecule has 0 bridgehead atoms. The van der Waals surface area contributed by atoms with Crippen LogP contribution in [0, 0.1) is 5.92 Å². The smallest absolute Gasteiger partial charge is 0.193 e. The first-order valence-corrected chi connectivity index (χ1v) is 11.1. The van der Waals surface area contributed by atoms with Crippen LogP contribution in [0.1, 0.15) is 35.5 Å². The summed E-state index contributed by atoms with van der Waals surface area (Å²) in [5.41, 5.74) is 2.45. The van der Waals surface area contributed by atoms with E-state index < -0.39 is 0 Å². The van der Waals surface area contributed by atoms with Gasteiger partial charge in [-0.2, -0.15) is 0 Å². The summed E-state index contributed by atoms with van der Waals surface area (Å²) >= 11 is 1.75. The van der Waals surface area contributed by atoms with E-state index in [0.717, 1.165) is 56.7 Å². The maximum absolute atomic E-state index is 5.45. The molecule has 5 nitrogen and oxygen atoms in total. The quantitative estimate of drug-likeness (QED) is 0.314. The normalized spacial score (nSPS) is 15.0. The van der Waals surface area contributed by atoms with E-state index >= 15 is 0 Å². The molecule has 0 aliphatic carbocycles. The second kappa shape index (κ2) is 13.2. The summed E-state index contributed by atoms with van der Waals surface area (Å²) in [5.74, 6) is 1.71. The Balaban J connectivity index is 0.00000300. The number of hydrogen-bond donors (Lipinski definition) is 1. The van der Waals surface area contributed by atoms with Gasteiger partial charge in [-0.3, -0.25) is 4.99 Å². The van der Waals surface area contributed by atoms with Crippen LogP contribution in [0.25, 0.3) is 0 Å². The third-order valence-corrected chi connectivity index (χ3v) is 6.24. The molecule has 1 saturated heterocycles. The SMILES string of the molecule is CN=C(NCc1csc(CCc2ccccc2)n1)N(C)CCC1CCOCC1.I. The minimum absolute atomic E-state index is 0. The van der Waals surface area contributed by atoms with Crippen LogP contribution in [0.2, 0.25) is 0 Å². The minimum Gasteiger partial charge on any atom is -0.381 e. The third-order valence-electron chi connectivity index (χ3n) is 5.28. The molecule has 0 saturated carbocycles. The van der Waals surface area contributed by atoms with Crippen LogP contribution in [0.5, 0.6) is 0 Å². The van der Waals surface area contributed by atoms with Crippen molar-refractivity contribution < 1.29 is 4.74 Å². The second-order valence-corrected chi connectivity index (χ2v) is 8.33. The molecule has 0 amide bonds. The molecule has 0 unspecified atom stereocenters. The molecule has 160 valence electrons. The standard InChI is InChI=1S/C22H32N4OS.HI/c1-23-22(26(2)13-10-19-11-14-27-15-12-19)24-16-20-17-28-21(25-20)9-8-18-6-4-3-5-7-18;/h3-7,17,19H,8-16H2,1-2H3,(H,23,24);1H. The van der Waals surface area contributed by atoms with Crippen molar-refractivity contribution in [2.75, 3.05) is 33.9 Å². The van der Waals surface area contributed by atoms with Crippen molar-refractivity contribution in [3.63, 3.8) is 0 Å². The number of nitrogens with zero attached hydrogens (tertiary/aromatic N) is 3. The van der Waals surface area contributed by atoms with E-state index in [4.69, 9.17) is 9.72 Å². The lowest BCUT2D eigenvalue weighted by Crippen LogP contribution is -2.39. The Labute approximate surface area is 196 Å². The number of hydrogen-bond acceptors (Lipinski definition) is 4. The van der Waals surface area contributed by atoms with E-state index in [0.29, 0.717) is 0 Å². The predicted molar refractivity (Wildman–Crippen MR) is 132 cm³/mol. The number of nitrogens with one attached hydrogen (secondary N) is 1. The van der Waals surface area contributed by atoms with Gasteiger partial charge >= 0.3 is 0 Å². The van der Waals surface area contributed by atoms with Crippen LogP contribution < -0.4 is 5.32 Å².